The molecule has 0 saturated carbocycles. The highest BCUT2D eigenvalue weighted by molar-refractivity contribution is 5.85. The largest absolute Gasteiger partial charge is 0.459 e. The summed E-state index contributed by atoms with van der Waals surface area (Å²) < 4.78 is 5.75. The van der Waals surface area contributed by atoms with Crippen LogP contribution in [0.25, 0.3) is 11.3 Å². The van der Waals surface area contributed by atoms with Crippen LogP contribution in [0.1, 0.15) is 11.3 Å². The van der Waals surface area contributed by atoms with Crippen LogP contribution in [0, 0.1) is 0 Å². The normalized spacial score (nSPS) is 13.3. The molecule has 3 heteroatoms. The van der Waals surface area contributed by atoms with Crippen LogP contribution in [0.4, 0.5) is 0 Å². The molecule has 0 amide bonds. The van der Waals surface area contributed by atoms with Crippen LogP contribution >= 0.6 is 12.4 Å². The van der Waals surface area contributed by atoms with Crippen molar-refractivity contribution in [2.24, 2.45) is 0 Å². The zero-order valence-electron chi connectivity index (χ0n) is 8.19. The molecule has 0 fully saturated rings. The number of halogens is 1. The van der Waals surface area contributed by atoms with Gasteiger partial charge < -0.3 is 9.73 Å². The topological polar surface area (TPSA) is 25.2 Å². The highest BCUT2D eigenvalue weighted by Gasteiger charge is 2.16. The fraction of sp³-hybridized carbons (Fsp3) is 0.167. The van der Waals surface area contributed by atoms with Crippen molar-refractivity contribution in [2.75, 3.05) is 0 Å². The average molecular weight is 222 g/mol. The van der Waals surface area contributed by atoms with Crippen molar-refractivity contribution in [1.29, 1.82) is 0 Å². The molecule has 0 atom stereocenters. The molecule has 78 valence electrons. The quantitative estimate of drug-likeness (QED) is 0.801. The summed E-state index contributed by atoms with van der Waals surface area (Å²) in [5.74, 6) is 2.07. The Morgan fingerprint density at radius 3 is 2.60 bits per heavy atom. The van der Waals surface area contributed by atoms with E-state index >= 15 is 0 Å². The van der Waals surface area contributed by atoms with Crippen molar-refractivity contribution in [3.8, 4) is 11.3 Å². The molecule has 0 unspecified atom stereocenters. The lowest BCUT2D eigenvalue weighted by Crippen LogP contribution is -2.00. The van der Waals surface area contributed by atoms with E-state index in [1.165, 1.54) is 5.56 Å². The average Bonchev–Trinajstić information content (AvgIpc) is 2.78. The third kappa shape index (κ3) is 1.78. The Morgan fingerprint density at radius 2 is 1.87 bits per heavy atom. The number of hydrogen-bond acceptors (Lipinski definition) is 2. The van der Waals surface area contributed by atoms with Crippen molar-refractivity contribution < 1.29 is 4.42 Å². The van der Waals surface area contributed by atoms with Crippen LogP contribution < -0.4 is 5.32 Å². The van der Waals surface area contributed by atoms with Crippen LogP contribution in [0.2, 0.25) is 0 Å². The molecular formula is C12H12ClNO. The predicted octanol–water partition coefficient (Wildman–Crippen LogP) is 2.97. The van der Waals surface area contributed by atoms with Gasteiger partial charge in [0.15, 0.2) is 0 Å². The third-order valence-corrected chi connectivity index (χ3v) is 2.56. The molecule has 0 radical (unpaired) electrons. The Balaban J connectivity index is 0.000000853. The first-order valence-corrected chi connectivity index (χ1v) is 4.81. The van der Waals surface area contributed by atoms with Crippen LogP contribution in [-0.4, -0.2) is 0 Å². The monoisotopic (exact) mass is 221 g/mol. The van der Waals surface area contributed by atoms with E-state index in [1.807, 2.05) is 18.2 Å². The summed E-state index contributed by atoms with van der Waals surface area (Å²) >= 11 is 0. The summed E-state index contributed by atoms with van der Waals surface area (Å²) in [6.45, 7) is 1.80. The summed E-state index contributed by atoms with van der Waals surface area (Å²) in [7, 11) is 0. The molecule has 1 aliphatic heterocycles. The Labute approximate surface area is 94.7 Å². The van der Waals surface area contributed by atoms with Crippen molar-refractivity contribution in [3.05, 3.63) is 47.7 Å². The second-order valence-electron chi connectivity index (χ2n) is 3.53. The maximum Gasteiger partial charge on any atom is 0.134 e. The summed E-state index contributed by atoms with van der Waals surface area (Å²) in [5.41, 5.74) is 2.45. The van der Waals surface area contributed by atoms with Gasteiger partial charge >= 0.3 is 0 Å². The first-order valence-electron chi connectivity index (χ1n) is 4.81. The lowest BCUT2D eigenvalue weighted by atomic mass is 10.1. The van der Waals surface area contributed by atoms with Crippen LogP contribution in [0.15, 0.2) is 40.8 Å². The zero-order valence-corrected chi connectivity index (χ0v) is 9.01. The highest BCUT2D eigenvalue weighted by Crippen LogP contribution is 2.27. The van der Waals surface area contributed by atoms with Crippen LogP contribution in [-0.2, 0) is 13.1 Å². The molecule has 3 rings (SSSR count). The minimum absolute atomic E-state index is 0. The zero-order chi connectivity index (χ0) is 9.38. The standard InChI is InChI=1S/C12H11NO.ClH/c1-2-4-9(5-3-1)11-6-10-7-13-8-12(10)14-11;/h1-6,13H,7-8H2;1H. The van der Waals surface area contributed by atoms with E-state index in [2.05, 4.69) is 23.5 Å². The first kappa shape index (κ1) is 10.3. The summed E-state index contributed by atoms with van der Waals surface area (Å²) in [6.07, 6.45) is 0. The number of furan rings is 1. The van der Waals surface area contributed by atoms with E-state index in [0.717, 1.165) is 30.2 Å². The lowest BCUT2D eigenvalue weighted by Gasteiger charge is -1.95. The van der Waals surface area contributed by atoms with Gasteiger partial charge in [-0.3, -0.25) is 0 Å². The molecule has 2 heterocycles. The van der Waals surface area contributed by atoms with Gasteiger partial charge in [0.1, 0.15) is 11.5 Å². The van der Waals surface area contributed by atoms with E-state index in [9.17, 15) is 0 Å². The van der Waals surface area contributed by atoms with Gasteiger partial charge in [0.25, 0.3) is 0 Å². The van der Waals surface area contributed by atoms with Gasteiger partial charge in [0.2, 0.25) is 0 Å². The van der Waals surface area contributed by atoms with Gasteiger partial charge in [0.05, 0.1) is 6.54 Å². The second-order valence-corrected chi connectivity index (χ2v) is 3.53. The molecule has 2 nitrogen and oxygen atoms in total. The van der Waals surface area contributed by atoms with Gasteiger partial charge in [-0.2, -0.15) is 0 Å². The van der Waals surface area contributed by atoms with Crippen molar-refractivity contribution >= 4 is 12.4 Å². The molecule has 1 aliphatic rings. The highest BCUT2D eigenvalue weighted by atomic mass is 35.5. The Morgan fingerprint density at radius 1 is 1.07 bits per heavy atom. The van der Waals surface area contributed by atoms with Crippen molar-refractivity contribution in [1.82, 2.24) is 5.32 Å². The fourth-order valence-corrected chi connectivity index (χ4v) is 1.82. The van der Waals surface area contributed by atoms with Gasteiger partial charge in [-0.05, 0) is 6.07 Å². The predicted molar refractivity (Wildman–Crippen MR) is 61.9 cm³/mol. The van der Waals surface area contributed by atoms with E-state index in [4.69, 9.17) is 4.42 Å². The summed E-state index contributed by atoms with van der Waals surface area (Å²) in [5, 5.41) is 3.25. The van der Waals surface area contributed by atoms with E-state index in [-0.39, 0.29) is 12.4 Å². The van der Waals surface area contributed by atoms with Crippen LogP contribution in [0.5, 0.6) is 0 Å². The molecule has 1 aromatic heterocycles. The van der Waals surface area contributed by atoms with Gasteiger partial charge in [-0.15, -0.1) is 12.4 Å². The fourth-order valence-electron chi connectivity index (χ4n) is 1.82. The Hall–Kier alpha value is -1.25. The van der Waals surface area contributed by atoms with Gasteiger partial charge in [-0.1, -0.05) is 30.3 Å². The van der Waals surface area contributed by atoms with E-state index < -0.39 is 0 Å². The van der Waals surface area contributed by atoms with E-state index in [0.29, 0.717) is 0 Å². The first-order chi connectivity index (χ1) is 6.93. The van der Waals surface area contributed by atoms with Crippen LogP contribution in [0.3, 0.4) is 0 Å². The van der Waals surface area contributed by atoms with Crippen molar-refractivity contribution in [3.63, 3.8) is 0 Å². The number of fused-ring (bicyclic) bond motifs is 1. The second kappa shape index (κ2) is 4.09. The van der Waals surface area contributed by atoms with E-state index in [1.54, 1.807) is 0 Å². The number of rotatable bonds is 1. The lowest BCUT2D eigenvalue weighted by molar-refractivity contribution is 0.518. The molecule has 2 aromatic rings. The summed E-state index contributed by atoms with van der Waals surface area (Å²) in [6, 6.07) is 12.3. The van der Waals surface area contributed by atoms with Crippen molar-refractivity contribution in [2.45, 2.75) is 13.1 Å². The molecule has 0 aliphatic carbocycles. The Bertz CT molecular complexity index is 428. The number of hydrogen-bond donors (Lipinski definition) is 1. The molecule has 0 spiro atoms. The molecular weight excluding hydrogens is 210 g/mol. The van der Waals surface area contributed by atoms with Gasteiger partial charge in [0, 0.05) is 17.7 Å². The molecule has 1 aromatic carbocycles. The third-order valence-electron chi connectivity index (χ3n) is 2.56. The number of nitrogens with one attached hydrogen (secondary N) is 1. The minimum atomic E-state index is 0. The number of benzene rings is 1. The molecule has 15 heavy (non-hydrogen) atoms. The maximum absolute atomic E-state index is 5.75. The van der Waals surface area contributed by atoms with Gasteiger partial charge in [-0.25, -0.2) is 0 Å². The Kier molecular flexibility index (Phi) is 2.80. The minimum Gasteiger partial charge on any atom is -0.459 e. The molecule has 0 bridgehead atoms. The molecule has 1 N–H and O–H groups in total. The smallest absolute Gasteiger partial charge is 0.134 e. The SMILES string of the molecule is Cl.c1ccc(-c2cc3c(o2)CNC3)cc1. The molecule has 0 saturated heterocycles. The summed E-state index contributed by atoms with van der Waals surface area (Å²) in [4.78, 5) is 0. The maximum atomic E-state index is 5.75.